The van der Waals surface area contributed by atoms with E-state index in [-0.39, 0.29) is 12.1 Å². The van der Waals surface area contributed by atoms with Gasteiger partial charge in [-0.2, -0.15) is 0 Å². The fourth-order valence-corrected chi connectivity index (χ4v) is 1.95. The van der Waals surface area contributed by atoms with Gasteiger partial charge in [0.05, 0.1) is 0 Å². The summed E-state index contributed by atoms with van der Waals surface area (Å²) in [6.07, 6.45) is 0. The Morgan fingerprint density at radius 3 is 2.88 bits per heavy atom. The zero-order valence-electron chi connectivity index (χ0n) is 10.3. The molecule has 1 heterocycles. The molecule has 1 aliphatic heterocycles. The lowest BCUT2D eigenvalue weighted by Gasteiger charge is -2.10. The number of hydrogen-bond donors (Lipinski definition) is 3. The Balaban J connectivity index is 1.89. The van der Waals surface area contributed by atoms with Crippen molar-refractivity contribution < 1.29 is 4.79 Å². The molecular weight excluding hydrogens is 214 g/mol. The Labute approximate surface area is 102 Å². The van der Waals surface area contributed by atoms with Crippen molar-refractivity contribution in [3.05, 3.63) is 34.9 Å². The topological polar surface area (TPSA) is 53.2 Å². The van der Waals surface area contributed by atoms with Crippen LogP contribution in [-0.2, 0) is 19.6 Å². The molecule has 0 saturated carbocycles. The van der Waals surface area contributed by atoms with Crippen LogP contribution >= 0.6 is 0 Å². The molecule has 92 valence electrons. The number of carbonyl (C=O) groups excluding carboxylic acids is 1. The van der Waals surface area contributed by atoms with Crippen LogP contribution in [0.25, 0.3) is 0 Å². The lowest BCUT2D eigenvalue weighted by atomic mass is 10.1. The van der Waals surface area contributed by atoms with Gasteiger partial charge in [0.1, 0.15) is 0 Å². The predicted molar refractivity (Wildman–Crippen MR) is 67.5 cm³/mol. The first-order chi connectivity index (χ1) is 8.15. The second-order valence-electron chi connectivity index (χ2n) is 4.69. The maximum atomic E-state index is 11.4. The third-order valence-corrected chi connectivity index (χ3v) is 2.77. The standard InChI is InChI=1S/C13H19N3O/c1-9(2)16-13(17)15-6-10-3-4-11-7-14-8-12(11)5-10/h3-5,9,14H,6-8H2,1-2H3,(H2,15,16,17). The first-order valence-electron chi connectivity index (χ1n) is 6.01. The van der Waals surface area contributed by atoms with E-state index in [9.17, 15) is 4.79 Å². The molecule has 1 aliphatic rings. The van der Waals surface area contributed by atoms with Gasteiger partial charge in [-0.25, -0.2) is 4.79 Å². The number of rotatable bonds is 3. The van der Waals surface area contributed by atoms with E-state index < -0.39 is 0 Å². The fraction of sp³-hybridized carbons (Fsp3) is 0.462. The van der Waals surface area contributed by atoms with Crippen molar-refractivity contribution in [1.82, 2.24) is 16.0 Å². The van der Waals surface area contributed by atoms with E-state index >= 15 is 0 Å². The van der Waals surface area contributed by atoms with Crippen molar-refractivity contribution in [2.24, 2.45) is 0 Å². The molecule has 0 radical (unpaired) electrons. The van der Waals surface area contributed by atoms with Crippen LogP contribution in [0.2, 0.25) is 0 Å². The number of benzene rings is 1. The molecule has 0 fully saturated rings. The molecule has 4 heteroatoms. The summed E-state index contributed by atoms with van der Waals surface area (Å²) in [6, 6.07) is 6.41. The average molecular weight is 233 g/mol. The maximum absolute atomic E-state index is 11.4. The minimum atomic E-state index is -0.112. The number of urea groups is 1. The van der Waals surface area contributed by atoms with Crippen molar-refractivity contribution in [1.29, 1.82) is 0 Å². The van der Waals surface area contributed by atoms with Gasteiger partial charge in [0, 0.05) is 25.7 Å². The van der Waals surface area contributed by atoms with Crippen LogP contribution in [0.5, 0.6) is 0 Å². The van der Waals surface area contributed by atoms with Gasteiger partial charge in [0.15, 0.2) is 0 Å². The molecule has 0 aliphatic carbocycles. The Morgan fingerprint density at radius 2 is 2.12 bits per heavy atom. The summed E-state index contributed by atoms with van der Waals surface area (Å²) >= 11 is 0. The number of amides is 2. The van der Waals surface area contributed by atoms with E-state index in [0.717, 1.165) is 18.7 Å². The summed E-state index contributed by atoms with van der Waals surface area (Å²) in [7, 11) is 0. The summed E-state index contributed by atoms with van der Waals surface area (Å²) in [5, 5.41) is 8.96. The highest BCUT2D eigenvalue weighted by molar-refractivity contribution is 5.74. The minimum Gasteiger partial charge on any atom is -0.336 e. The highest BCUT2D eigenvalue weighted by Gasteiger charge is 2.10. The zero-order chi connectivity index (χ0) is 12.3. The van der Waals surface area contributed by atoms with Crippen LogP contribution in [0.3, 0.4) is 0 Å². The molecule has 4 nitrogen and oxygen atoms in total. The highest BCUT2D eigenvalue weighted by atomic mass is 16.2. The second kappa shape index (κ2) is 5.19. The molecule has 0 bridgehead atoms. The van der Waals surface area contributed by atoms with E-state index in [2.05, 4.69) is 34.1 Å². The molecule has 0 unspecified atom stereocenters. The summed E-state index contributed by atoms with van der Waals surface area (Å²) in [4.78, 5) is 11.4. The van der Waals surface area contributed by atoms with E-state index in [0.29, 0.717) is 6.54 Å². The lowest BCUT2D eigenvalue weighted by Crippen LogP contribution is -2.39. The molecule has 2 amide bonds. The first kappa shape index (κ1) is 11.9. The van der Waals surface area contributed by atoms with Crippen molar-refractivity contribution in [3.63, 3.8) is 0 Å². The van der Waals surface area contributed by atoms with Crippen molar-refractivity contribution in [2.45, 2.75) is 39.5 Å². The van der Waals surface area contributed by atoms with Crippen LogP contribution in [0.4, 0.5) is 4.79 Å². The van der Waals surface area contributed by atoms with Gasteiger partial charge in [0.2, 0.25) is 0 Å². The summed E-state index contributed by atoms with van der Waals surface area (Å²) in [6.45, 7) is 6.35. The third-order valence-electron chi connectivity index (χ3n) is 2.77. The number of hydrogen-bond acceptors (Lipinski definition) is 2. The quantitative estimate of drug-likeness (QED) is 0.741. The Bertz CT molecular complexity index is 415. The molecule has 0 saturated heterocycles. The molecule has 0 spiro atoms. The van der Waals surface area contributed by atoms with Crippen molar-refractivity contribution in [3.8, 4) is 0 Å². The summed E-state index contributed by atoms with van der Waals surface area (Å²) < 4.78 is 0. The highest BCUT2D eigenvalue weighted by Crippen LogP contribution is 2.16. The molecule has 2 rings (SSSR count). The van der Waals surface area contributed by atoms with E-state index in [1.165, 1.54) is 11.1 Å². The van der Waals surface area contributed by atoms with Gasteiger partial charge in [-0.1, -0.05) is 18.2 Å². The predicted octanol–water partition coefficient (Wildman–Crippen LogP) is 1.50. The van der Waals surface area contributed by atoms with Gasteiger partial charge < -0.3 is 16.0 Å². The Hall–Kier alpha value is -1.55. The zero-order valence-corrected chi connectivity index (χ0v) is 10.3. The monoisotopic (exact) mass is 233 g/mol. The molecule has 3 N–H and O–H groups in total. The van der Waals surface area contributed by atoms with Crippen LogP contribution in [0, 0.1) is 0 Å². The van der Waals surface area contributed by atoms with Crippen LogP contribution in [0.15, 0.2) is 18.2 Å². The molecule has 0 atom stereocenters. The lowest BCUT2D eigenvalue weighted by molar-refractivity contribution is 0.238. The Morgan fingerprint density at radius 1 is 1.35 bits per heavy atom. The van der Waals surface area contributed by atoms with E-state index in [1.54, 1.807) is 0 Å². The van der Waals surface area contributed by atoms with Crippen LogP contribution < -0.4 is 16.0 Å². The van der Waals surface area contributed by atoms with E-state index in [4.69, 9.17) is 0 Å². The average Bonchev–Trinajstić information content (AvgIpc) is 2.72. The van der Waals surface area contributed by atoms with Gasteiger partial charge in [-0.3, -0.25) is 0 Å². The molecule has 17 heavy (non-hydrogen) atoms. The Kier molecular flexibility index (Phi) is 3.64. The third kappa shape index (κ3) is 3.20. The van der Waals surface area contributed by atoms with Crippen LogP contribution in [0.1, 0.15) is 30.5 Å². The van der Waals surface area contributed by atoms with Crippen molar-refractivity contribution in [2.75, 3.05) is 0 Å². The minimum absolute atomic E-state index is 0.112. The normalized spacial score (nSPS) is 13.6. The SMILES string of the molecule is CC(C)NC(=O)NCc1ccc2c(c1)CNC2. The van der Waals surface area contributed by atoms with Gasteiger partial charge in [-0.05, 0) is 30.5 Å². The van der Waals surface area contributed by atoms with Crippen LogP contribution in [-0.4, -0.2) is 12.1 Å². The molecule has 0 aromatic heterocycles. The maximum Gasteiger partial charge on any atom is 0.315 e. The molecule has 1 aromatic carbocycles. The van der Waals surface area contributed by atoms with Gasteiger partial charge >= 0.3 is 6.03 Å². The summed E-state index contributed by atoms with van der Waals surface area (Å²) in [5.41, 5.74) is 3.85. The molecular formula is C13H19N3O. The smallest absolute Gasteiger partial charge is 0.315 e. The second-order valence-corrected chi connectivity index (χ2v) is 4.69. The van der Waals surface area contributed by atoms with Gasteiger partial charge in [-0.15, -0.1) is 0 Å². The number of fused-ring (bicyclic) bond motifs is 1. The van der Waals surface area contributed by atoms with Crippen molar-refractivity contribution >= 4 is 6.03 Å². The van der Waals surface area contributed by atoms with E-state index in [1.807, 2.05) is 13.8 Å². The fourth-order valence-electron chi connectivity index (χ4n) is 1.95. The molecule has 1 aromatic rings. The number of carbonyl (C=O) groups is 1. The number of nitrogens with one attached hydrogen (secondary N) is 3. The summed E-state index contributed by atoms with van der Waals surface area (Å²) in [5.74, 6) is 0. The largest absolute Gasteiger partial charge is 0.336 e. The first-order valence-corrected chi connectivity index (χ1v) is 6.01. The van der Waals surface area contributed by atoms with Gasteiger partial charge in [0.25, 0.3) is 0 Å².